The number of ether oxygens (including phenoxy) is 2. The summed E-state index contributed by atoms with van der Waals surface area (Å²) in [7, 11) is 1.56. The van der Waals surface area contributed by atoms with Gasteiger partial charge in [-0.2, -0.15) is 9.61 Å². The van der Waals surface area contributed by atoms with Crippen LogP contribution in [0.1, 0.15) is 24.2 Å². The highest BCUT2D eigenvalue weighted by Crippen LogP contribution is 2.33. The van der Waals surface area contributed by atoms with Gasteiger partial charge in [-0.1, -0.05) is 31.3 Å². The largest absolute Gasteiger partial charge is 0.495 e. The number of nitrogens with one attached hydrogen (secondary N) is 1. The van der Waals surface area contributed by atoms with E-state index in [1.54, 1.807) is 42.2 Å². The van der Waals surface area contributed by atoms with Crippen LogP contribution in [-0.2, 0) is 0 Å². The first kappa shape index (κ1) is 19.8. The van der Waals surface area contributed by atoms with E-state index >= 15 is 0 Å². The zero-order chi connectivity index (χ0) is 21.1. The van der Waals surface area contributed by atoms with Gasteiger partial charge in [0.25, 0.3) is 5.91 Å². The molecular formula is C21H21N5O3S. The Morgan fingerprint density at radius 1 is 1.23 bits per heavy atom. The SMILES string of the molecule is COc1ccc(-c2nn3cnnc3s2)cc1NC(=O)c1cccc(OCC(C)C)c1. The third-order valence-electron chi connectivity index (χ3n) is 4.26. The molecule has 9 heteroatoms. The maximum absolute atomic E-state index is 12.9. The summed E-state index contributed by atoms with van der Waals surface area (Å²) in [5, 5.41) is 16.0. The summed E-state index contributed by atoms with van der Waals surface area (Å²) in [6.07, 6.45) is 1.55. The van der Waals surface area contributed by atoms with Gasteiger partial charge in [-0.3, -0.25) is 4.79 Å². The van der Waals surface area contributed by atoms with E-state index < -0.39 is 0 Å². The van der Waals surface area contributed by atoms with Gasteiger partial charge in [-0.25, -0.2) is 0 Å². The Labute approximate surface area is 177 Å². The number of rotatable bonds is 7. The van der Waals surface area contributed by atoms with E-state index in [0.717, 1.165) is 10.6 Å². The van der Waals surface area contributed by atoms with E-state index in [4.69, 9.17) is 9.47 Å². The molecule has 2 aromatic heterocycles. The van der Waals surface area contributed by atoms with Gasteiger partial charge in [0.1, 0.15) is 22.8 Å². The Balaban J connectivity index is 1.58. The highest BCUT2D eigenvalue weighted by atomic mass is 32.1. The lowest BCUT2D eigenvalue weighted by Crippen LogP contribution is -2.13. The Morgan fingerprint density at radius 3 is 2.87 bits per heavy atom. The van der Waals surface area contributed by atoms with E-state index in [-0.39, 0.29) is 5.91 Å². The molecule has 0 aliphatic heterocycles. The molecule has 1 N–H and O–H groups in total. The van der Waals surface area contributed by atoms with Crippen molar-refractivity contribution in [1.29, 1.82) is 0 Å². The molecule has 30 heavy (non-hydrogen) atoms. The molecule has 0 bridgehead atoms. The minimum atomic E-state index is -0.251. The number of benzene rings is 2. The Morgan fingerprint density at radius 2 is 2.10 bits per heavy atom. The van der Waals surface area contributed by atoms with Crippen molar-refractivity contribution >= 4 is 27.9 Å². The predicted octanol–water partition coefficient (Wildman–Crippen LogP) is 4.15. The molecule has 0 aliphatic carbocycles. The first-order chi connectivity index (χ1) is 14.5. The summed E-state index contributed by atoms with van der Waals surface area (Å²) in [4.78, 5) is 13.6. The number of hydrogen-bond acceptors (Lipinski definition) is 7. The first-order valence-electron chi connectivity index (χ1n) is 9.43. The van der Waals surface area contributed by atoms with Crippen LogP contribution >= 0.6 is 11.3 Å². The van der Waals surface area contributed by atoms with Crippen LogP contribution in [-0.4, -0.2) is 39.4 Å². The fourth-order valence-corrected chi connectivity index (χ4v) is 3.62. The lowest BCUT2D eigenvalue weighted by atomic mass is 10.1. The van der Waals surface area contributed by atoms with Crippen LogP contribution in [0.2, 0.25) is 0 Å². The fraction of sp³-hybridized carbons (Fsp3) is 0.238. The number of fused-ring (bicyclic) bond motifs is 1. The van der Waals surface area contributed by atoms with Gasteiger partial charge in [-0.05, 0) is 42.3 Å². The van der Waals surface area contributed by atoms with Crippen LogP contribution in [0.4, 0.5) is 5.69 Å². The van der Waals surface area contributed by atoms with Crippen molar-refractivity contribution in [3.63, 3.8) is 0 Å². The van der Waals surface area contributed by atoms with Crippen LogP contribution in [0.3, 0.4) is 0 Å². The van der Waals surface area contributed by atoms with Gasteiger partial charge >= 0.3 is 0 Å². The molecule has 8 nitrogen and oxygen atoms in total. The highest BCUT2D eigenvalue weighted by Gasteiger charge is 2.14. The van der Waals surface area contributed by atoms with Crippen LogP contribution in [0.15, 0.2) is 48.8 Å². The Bertz CT molecular complexity index is 1160. The second kappa shape index (κ2) is 8.50. The van der Waals surface area contributed by atoms with Gasteiger partial charge in [0.2, 0.25) is 4.96 Å². The number of aromatic nitrogens is 4. The number of anilines is 1. The molecule has 0 saturated carbocycles. The molecule has 0 fully saturated rings. The normalized spacial score (nSPS) is 11.1. The Hall–Kier alpha value is -3.46. The lowest BCUT2D eigenvalue weighted by Gasteiger charge is -2.13. The number of hydrogen-bond donors (Lipinski definition) is 1. The number of carbonyl (C=O) groups excluding carboxylic acids is 1. The minimum Gasteiger partial charge on any atom is -0.495 e. The van der Waals surface area contributed by atoms with E-state index in [9.17, 15) is 4.79 Å². The highest BCUT2D eigenvalue weighted by molar-refractivity contribution is 7.19. The van der Waals surface area contributed by atoms with Gasteiger partial charge in [0.05, 0.1) is 19.4 Å². The van der Waals surface area contributed by atoms with Crippen molar-refractivity contribution in [2.45, 2.75) is 13.8 Å². The molecule has 0 aliphatic rings. The van der Waals surface area contributed by atoms with Crippen molar-refractivity contribution in [1.82, 2.24) is 19.8 Å². The van der Waals surface area contributed by atoms with Crippen LogP contribution in [0.25, 0.3) is 15.5 Å². The molecular weight excluding hydrogens is 402 g/mol. The molecule has 2 heterocycles. The summed E-state index contributed by atoms with van der Waals surface area (Å²) in [6.45, 7) is 4.74. The van der Waals surface area contributed by atoms with Crippen molar-refractivity contribution in [3.8, 4) is 22.1 Å². The summed E-state index contributed by atoms with van der Waals surface area (Å²) >= 11 is 1.41. The quantitative estimate of drug-likeness (QED) is 0.480. The molecule has 4 rings (SSSR count). The van der Waals surface area contributed by atoms with E-state index in [0.29, 0.717) is 40.2 Å². The third kappa shape index (κ3) is 4.25. The van der Waals surface area contributed by atoms with Crippen molar-refractivity contribution in [2.75, 3.05) is 19.0 Å². The van der Waals surface area contributed by atoms with Crippen molar-refractivity contribution in [2.24, 2.45) is 5.92 Å². The topological polar surface area (TPSA) is 90.6 Å². The van der Waals surface area contributed by atoms with Crippen LogP contribution < -0.4 is 14.8 Å². The molecule has 0 spiro atoms. The zero-order valence-corrected chi connectivity index (χ0v) is 17.6. The summed E-state index contributed by atoms with van der Waals surface area (Å²) in [6, 6.07) is 12.6. The molecule has 4 aromatic rings. The molecule has 0 unspecified atom stereocenters. The average Bonchev–Trinajstić information content (AvgIpc) is 3.35. The summed E-state index contributed by atoms with van der Waals surface area (Å²) < 4.78 is 12.8. The second-order valence-corrected chi connectivity index (χ2v) is 8.02. The Kier molecular flexibility index (Phi) is 5.62. The van der Waals surface area contributed by atoms with Gasteiger partial charge in [-0.15, -0.1) is 10.2 Å². The summed E-state index contributed by atoms with van der Waals surface area (Å²) in [5.41, 5.74) is 1.90. The van der Waals surface area contributed by atoms with Crippen molar-refractivity contribution < 1.29 is 14.3 Å². The van der Waals surface area contributed by atoms with Gasteiger partial charge in [0, 0.05) is 11.1 Å². The second-order valence-electron chi connectivity index (χ2n) is 7.07. The number of methoxy groups -OCH3 is 1. The van der Waals surface area contributed by atoms with E-state index in [1.807, 2.05) is 18.2 Å². The number of carbonyl (C=O) groups is 1. The lowest BCUT2D eigenvalue weighted by molar-refractivity contribution is 0.102. The predicted molar refractivity (Wildman–Crippen MR) is 115 cm³/mol. The number of amides is 1. The molecule has 1 amide bonds. The zero-order valence-electron chi connectivity index (χ0n) is 16.8. The molecule has 2 aromatic carbocycles. The molecule has 154 valence electrons. The average molecular weight is 423 g/mol. The smallest absolute Gasteiger partial charge is 0.255 e. The maximum atomic E-state index is 12.9. The first-order valence-corrected chi connectivity index (χ1v) is 10.2. The molecule has 0 saturated heterocycles. The standard InChI is InChI=1S/C21H21N5O3S/c1-13(2)11-29-16-6-4-5-14(9-16)19(27)23-17-10-15(7-8-18(17)28-3)20-25-26-12-22-24-21(26)30-20/h4-10,12-13H,11H2,1-3H3,(H,23,27). The number of nitrogens with zero attached hydrogens (tertiary/aromatic N) is 4. The van der Waals surface area contributed by atoms with E-state index in [2.05, 4.69) is 34.5 Å². The van der Waals surface area contributed by atoms with Gasteiger partial charge in [0.15, 0.2) is 0 Å². The third-order valence-corrected chi connectivity index (χ3v) is 5.22. The molecule has 0 atom stereocenters. The van der Waals surface area contributed by atoms with E-state index in [1.165, 1.54) is 11.3 Å². The fourth-order valence-electron chi connectivity index (χ4n) is 2.80. The van der Waals surface area contributed by atoms with Crippen LogP contribution in [0, 0.1) is 5.92 Å². The van der Waals surface area contributed by atoms with Crippen molar-refractivity contribution in [3.05, 3.63) is 54.4 Å². The van der Waals surface area contributed by atoms with Crippen LogP contribution in [0.5, 0.6) is 11.5 Å². The minimum absolute atomic E-state index is 0.251. The van der Waals surface area contributed by atoms with Gasteiger partial charge < -0.3 is 14.8 Å². The monoisotopic (exact) mass is 423 g/mol. The molecule has 0 radical (unpaired) electrons. The summed E-state index contributed by atoms with van der Waals surface area (Å²) in [5.74, 6) is 1.37. The maximum Gasteiger partial charge on any atom is 0.255 e.